The number of carbonyl (C=O) groups is 1. The highest BCUT2D eigenvalue weighted by atomic mass is 35.5. The molecule has 2 unspecified atom stereocenters. The van der Waals surface area contributed by atoms with Gasteiger partial charge < -0.3 is 15.5 Å². The predicted octanol–water partition coefficient (Wildman–Crippen LogP) is 1.88. The van der Waals surface area contributed by atoms with Gasteiger partial charge in [0.2, 0.25) is 5.91 Å². The molecule has 3 rings (SSSR count). The van der Waals surface area contributed by atoms with E-state index in [9.17, 15) is 4.79 Å². The van der Waals surface area contributed by atoms with Crippen molar-refractivity contribution < 1.29 is 4.79 Å². The van der Waals surface area contributed by atoms with Gasteiger partial charge in [-0.05, 0) is 38.1 Å². The summed E-state index contributed by atoms with van der Waals surface area (Å²) in [5, 5.41) is 9.77. The SMILES string of the molecule is O=C(NCC1CCCN(c2nc(Cl)cs2)C1)C1CCCN1. The molecule has 1 aromatic rings. The van der Waals surface area contributed by atoms with Crippen molar-refractivity contribution in [2.45, 2.75) is 31.7 Å². The third-order valence-electron chi connectivity index (χ3n) is 4.20. The third-order valence-corrected chi connectivity index (χ3v) is 5.42. The first-order chi connectivity index (χ1) is 10.2. The van der Waals surface area contributed by atoms with E-state index in [4.69, 9.17) is 11.6 Å². The standard InChI is InChI=1S/C14H21ClN4OS/c15-12-9-21-14(18-12)19-6-2-3-10(8-19)7-17-13(20)11-4-1-5-16-11/h9-11,16H,1-8H2,(H,17,20). The Balaban J connectivity index is 1.48. The van der Waals surface area contributed by atoms with Gasteiger partial charge >= 0.3 is 0 Å². The summed E-state index contributed by atoms with van der Waals surface area (Å²) in [6.45, 7) is 3.69. The van der Waals surface area contributed by atoms with Crippen LogP contribution in [0.2, 0.25) is 5.15 Å². The van der Waals surface area contributed by atoms with Crippen LogP contribution in [0.1, 0.15) is 25.7 Å². The van der Waals surface area contributed by atoms with Crippen molar-refractivity contribution >= 4 is 34.0 Å². The van der Waals surface area contributed by atoms with Crippen LogP contribution in [0.25, 0.3) is 0 Å². The number of carbonyl (C=O) groups excluding carboxylic acids is 1. The summed E-state index contributed by atoms with van der Waals surface area (Å²) in [6.07, 6.45) is 4.35. The van der Waals surface area contributed by atoms with E-state index in [0.717, 1.165) is 57.0 Å². The zero-order chi connectivity index (χ0) is 14.7. The molecular formula is C14H21ClN4OS. The Hall–Kier alpha value is -0.850. The smallest absolute Gasteiger partial charge is 0.237 e. The zero-order valence-electron chi connectivity index (χ0n) is 12.0. The number of amides is 1. The van der Waals surface area contributed by atoms with Crippen molar-refractivity contribution in [3.8, 4) is 0 Å². The maximum atomic E-state index is 12.0. The number of thiazole rings is 1. The van der Waals surface area contributed by atoms with E-state index in [2.05, 4.69) is 20.5 Å². The number of aromatic nitrogens is 1. The van der Waals surface area contributed by atoms with Crippen molar-refractivity contribution in [3.63, 3.8) is 0 Å². The van der Waals surface area contributed by atoms with E-state index in [1.807, 2.05) is 5.38 Å². The molecule has 116 valence electrons. The van der Waals surface area contributed by atoms with Gasteiger partial charge in [-0.25, -0.2) is 4.98 Å². The first-order valence-electron chi connectivity index (χ1n) is 7.59. The van der Waals surface area contributed by atoms with E-state index in [1.165, 1.54) is 0 Å². The summed E-state index contributed by atoms with van der Waals surface area (Å²) in [5.74, 6) is 0.647. The number of anilines is 1. The number of hydrogen-bond donors (Lipinski definition) is 2. The molecule has 7 heteroatoms. The number of halogens is 1. The first-order valence-corrected chi connectivity index (χ1v) is 8.85. The molecule has 0 aromatic carbocycles. The van der Waals surface area contributed by atoms with Crippen LogP contribution in [-0.4, -0.2) is 43.1 Å². The van der Waals surface area contributed by atoms with Gasteiger partial charge in [-0.2, -0.15) is 0 Å². The number of rotatable bonds is 4. The Kier molecular flexibility index (Phi) is 4.98. The molecule has 0 saturated carbocycles. The minimum Gasteiger partial charge on any atom is -0.354 e. The third kappa shape index (κ3) is 3.87. The summed E-state index contributed by atoms with van der Waals surface area (Å²) in [4.78, 5) is 18.6. The van der Waals surface area contributed by atoms with Crippen LogP contribution >= 0.6 is 22.9 Å². The number of piperidine rings is 1. The van der Waals surface area contributed by atoms with Gasteiger partial charge in [0.25, 0.3) is 0 Å². The van der Waals surface area contributed by atoms with Crippen LogP contribution < -0.4 is 15.5 Å². The summed E-state index contributed by atoms with van der Waals surface area (Å²) in [7, 11) is 0. The highest BCUT2D eigenvalue weighted by molar-refractivity contribution is 7.14. The normalized spacial score (nSPS) is 26.0. The average Bonchev–Trinajstić information content (AvgIpc) is 3.16. The molecule has 2 aliphatic heterocycles. The molecule has 1 aromatic heterocycles. The molecule has 0 bridgehead atoms. The van der Waals surface area contributed by atoms with E-state index in [1.54, 1.807) is 11.3 Å². The monoisotopic (exact) mass is 328 g/mol. The lowest BCUT2D eigenvalue weighted by Crippen LogP contribution is -2.45. The Morgan fingerprint density at radius 3 is 3.14 bits per heavy atom. The Bertz CT molecular complexity index is 489. The maximum Gasteiger partial charge on any atom is 0.237 e. The molecule has 2 fully saturated rings. The number of nitrogens with one attached hydrogen (secondary N) is 2. The van der Waals surface area contributed by atoms with E-state index < -0.39 is 0 Å². The molecule has 21 heavy (non-hydrogen) atoms. The van der Waals surface area contributed by atoms with Crippen LogP contribution in [0.15, 0.2) is 5.38 Å². The lowest BCUT2D eigenvalue weighted by molar-refractivity contribution is -0.122. The quantitative estimate of drug-likeness (QED) is 0.886. The highest BCUT2D eigenvalue weighted by Gasteiger charge is 2.25. The van der Waals surface area contributed by atoms with Gasteiger partial charge in [-0.3, -0.25) is 4.79 Å². The van der Waals surface area contributed by atoms with Crippen molar-refractivity contribution in [1.29, 1.82) is 0 Å². The van der Waals surface area contributed by atoms with Gasteiger partial charge in [-0.1, -0.05) is 11.6 Å². The molecule has 2 saturated heterocycles. The van der Waals surface area contributed by atoms with Crippen LogP contribution in [-0.2, 0) is 4.79 Å². The minimum atomic E-state index is 0.0162. The second kappa shape index (κ2) is 6.94. The molecule has 2 N–H and O–H groups in total. The van der Waals surface area contributed by atoms with Gasteiger partial charge in [0, 0.05) is 25.0 Å². The average molecular weight is 329 g/mol. The highest BCUT2D eigenvalue weighted by Crippen LogP contribution is 2.27. The Morgan fingerprint density at radius 2 is 2.43 bits per heavy atom. The van der Waals surface area contributed by atoms with E-state index >= 15 is 0 Å². The fraction of sp³-hybridized carbons (Fsp3) is 0.714. The molecule has 5 nitrogen and oxygen atoms in total. The Morgan fingerprint density at radius 1 is 1.52 bits per heavy atom. The second-order valence-corrected chi connectivity index (χ2v) is 7.02. The molecule has 3 heterocycles. The molecule has 2 aliphatic rings. The van der Waals surface area contributed by atoms with Crippen LogP contribution in [0.3, 0.4) is 0 Å². The number of hydrogen-bond acceptors (Lipinski definition) is 5. The van der Waals surface area contributed by atoms with Gasteiger partial charge in [0.1, 0.15) is 5.15 Å². The van der Waals surface area contributed by atoms with Crippen LogP contribution in [0.4, 0.5) is 5.13 Å². The van der Waals surface area contributed by atoms with Crippen LogP contribution in [0.5, 0.6) is 0 Å². The second-order valence-electron chi connectivity index (χ2n) is 5.80. The molecular weight excluding hydrogens is 308 g/mol. The van der Waals surface area contributed by atoms with Gasteiger partial charge in [0.15, 0.2) is 5.13 Å². The topological polar surface area (TPSA) is 57.3 Å². The van der Waals surface area contributed by atoms with Gasteiger partial charge in [-0.15, -0.1) is 11.3 Å². The molecule has 0 aliphatic carbocycles. The zero-order valence-corrected chi connectivity index (χ0v) is 13.6. The largest absolute Gasteiger partial charge is 0.354 e. The van der Waals surface area contributed by atoms with Crippen molar-refractivity contribution in [2.24, 2.45) is 5.92 Å². The summed E-state index contributed by atoms with van der Waals surface area (Å²) in [5.41, 5.74) is 0. The van der Waals surface area contributed by atoms with Crippen molar-refractivity contribution in [1.82, 2.24) is 15.6 Å². The van der Waals surface area contributed by atoms with E-state index in [-0.39, 0.29) is 11.9 Å². The van der Waals surface area contributed by atoms with Crippen molar-refractivity contribution in [3.05, 3.63) is 10.5 Å². The predicted molar refractivity (Wildman–Crippen MR) is 86.1 cm³/mol. The molecule has 1 amide bonds. The minimum absolute atomic E-state index is 0.0162. The summed E-state index contributed by atoms with van der Waals surface area (Å²) < 4.78 is 0. The fourth-order valence-electron chi connectivity index (χ4n) is 3.07. The fourth-order valence-corrected chi connectivity index (χ4v) is 4.06. The number of nitrogens with zero attached hydrogens (tertiary/aromatic N) is 2. The molecule has 0 spiro atoms. The Labute approximate surface area is 134 Å². The molecule has 2 atom stereocenters. The summed E-state index contributed by atoms with van der Waals surface area (Å²) >= 11 is 7.49. The maximum absolute atomic E-state index is 12.0. The van der Waals surface area contributed by atoms with E-state index in [0.29, 0.717) is 11.1 Å². The first kappa shape index (κ1) is 15.1. The molecule has 0 radical (unpaired) electrons. The van der Waals surface area contributed by atoms with Crippen LogP contribution in [0, 0.1) is 5.92 Å². The summed E-state index contributed by atoms with van der Waals surface area (Å²) in [6, 6.07) is 0.0162. The lowest BCUT2D eigenvalue weighted by atomic mass is 9.98. The van der Waals surface area contributed by atoms with Gasteiger partial charge in [0.05, 0.1) is 6.04 Å². The van der Waals surface area contributed by atoms with Crippen molar-refractivity contribution in [2.75, 3.05) is 31.1 Å². The lowest BCUT2D eigenvalue weighted by Gasteiger charge is -2.32.